The third-order valence-corrected chi connectivity index (χ3v) is 3.82. The van der Waals surface area contributed by atoms with Gasteiger partial charge in [0.25, 0.3) is 0 Å². The number of hydrogen-bond donors (Lipinski definition) is 2. The summed E-state index contributed by atoms with van der Waals surface area (Å²) in [6, 6.07) is -1.26. The van der Waals surface area contributed by atoms with Gasteiger partial charge < -0.3 is 15.7 Å². The van der Waals surface area contributed by atoms with Crippen LogP contribution >= 0.6 is 0 Å². The van der Waals surface area contributed by atoms with Crippen LogP contribution in [0.15, 0.2) is 0 Å². The van der Waals surface area contributed by atoms with Crippen LogP contribution in [-0.4, -0.2) is 40.5 Å². The lowest BCUT2D eigenvalue weighted by Gasteiger charge is -2.25. The number of carbonyl (C=O) groups is 2. The van der Waals surface area contributed by atoms with Gasteiger partial charge in [0.05, 0.1) is 6.04 Å². The lowest BCUT2D eigenvalue weighted by molar-refractivity contribution is -0.150. The highest BCUT2D eigenvalue weighted by Crippen LogP contribution is 2.42. The number of amides is 1. The maximum Gasteiger partial charge on any atom is 0.326 e. The largest absolute Gasteiger partial charge is 0.480 e. The Morgan fingerprint density at radius 2 is 2.12 bits per heavy atom. The monoisotopic (exact) mass is 226 g/mol. The van der Waals surface area contributed by atoms with E-state index in [2.05, 4.69) is 0 Å². The Kier molecular flexibility index (Phi) is 2.88. The summed E-state index contributed by atoms with van der Waals surface area (Å²) in [5.74, 6) is -0.616. The number of carboxylic acids is 1. The second-order valence-electron chi connectivity index (χ2n) is 4.92. The third-order valence-electron chi connectivity index (χ3n) is 3.82. The lowest BCUT2D eigenvalue weighted by Crippen LogP contribution is -2.49. The Bertz CT molecular complexity index is 316. The molecule has 4 atom stereocenters. The zero-order chi connectivity index (χ0) is 11.9. The minimum atomic E-state index is -0.886. The van der Waals surface area contributed by atoms with Gasteiger partial charge in [-0.25, -0.2) is 4.79 Å². The Labute approximate surface area is 94.6 Å². The van der Waals surface area contributed by atoms with Gasteiger partial charge in [-0.3, -0.25) is 4.79 Å². The molecular weight excluding hydrogens is 208 g/mol. The van der Waals surface area contributed by atoms with E-state index in [0.29, 0.717) is 12.5 Å². The molecule has 0 aromatic carbocycles. The number of likely N-dealkylation sites (tertiary alicyclic amines) is 1. The molecule has 1 aliphatic heterocycles. The van der Waals surface area contributed by atoms with E-state index in [1.807, 2.05) is 0 Å². The summed E-state index contributed by atoms with van der Waals surface area (Å²) in [7, 11) is 0. The van der Waals surface area contributed by atoms with Crippen LogP contribution in [0, 0.1) is 11.8 Å². The van der Waals surface area contributed by atoms with Crippen LogP contribution in [-0.2, 0) is 9.59 Å². The van der Waals surface area contributed by atoms with Crippen molar-refractivity contribution < 1.29 is 14.7 Å². The van der Waals surface area contributed by atoms with E-state index in [0.717, 1.165) is 19.3 Å². The fourth-order valence-corrected chi connectivity index (χ4v) is 3.11. The van der Waals surface area contributed by atoms with Crippen LogP contribution in [0.1, 0.15) is 26.2 Å². The van der Waals surface area contributed by atoms with Crippen molar-refractivity contribution in [2.24, 2.45) is 17.6 Å². The summed E-state index contributed by atoms with van der Waals surface area (Å²) < 4.78 is 0. The molecule has 2 aliphatic rings. The molecule has 0 aromatic rings. The summed E-state index contributed by atoms with van der Waals surface area (Å²) in [6.45, 7) is 2.18. The van der Waals surface area contributed by atoms with Crippen molar-refractivity contribution in [1.82, 2.24) is 4.90 Å². The van der Waals surface area contributed by atoms with Gasteiger partial charge in [-0.2, -0.15) is 0 Å². The van der Waals surface area contributed by atoms with Gasteiger partial charge in [-0.05, 0) is 31.6 Å². The van der Waals surface area contributed by atoms with E-state index in [9.17, 15) is 14.7 Å². The first kappa shape index (κ1) is 11.4. The van der Waals surface area contributed by atoms with Gasteiger partial charge in [-0.15, -0.1) is 0 Å². The molecule has 3 unspecified atom stereocenters. The highest BCUT2D eigenvalue weighted by molar-refractivity contribution is 5.87. The number of rotatable bonds is 2. The highest BCUT2D eigenvalue weighted by Gasteiger charge is 2.49. The molecule has 0 bridgehead atoms. The van der Waals surface area contributed by atoms with Gasteiger partial charge in [0, 0.05) is 6.54 Å². The zero-order valence-corrected chi connectivity index (χ0v) is 9.43. The summed E-state index contributed by atoms with van der Waals surface area (Å²) in [4.78, 5) is 24.5. The van der Waals surface area contributed by atoms with Crippen molar-refractivity contribution in [2.45, 2.75) is 38.3 Å². The molecule has 0 spiro atoms. The molecule has 1 saturated carbocycles. The number of nitrogens with zero attached hydrogens (tertiary/aromatic N) is 1. The van der Waals surface area contributed by atoms with Crippen LogP contribution in [0.25, 0.3) is 0 Å². The fraction of sp³-hybridized carbons (Fsp3) is 0.818. The third kappa shape index (κ3) is 1.69. The van der Waals surface area contributed by atoms with Gasteiger partial charge in [0.1, 0.15) is 6.04 Å². The van der Waals surface area contributed by atoms with Crippen LogP contribution in [0.5, 0.6) is 0 Å². The minimum Gasteiger partial charge on any atom is -0.480 e. The molecule has 0 radical (unpaired) electrons. The number of hydrogen-bond acceptors (Lipinski definition) is 3. The second kappa shape index (κ2) is 4.05. The van der Waals surface area contributed by atoms with E-state index in [1.165, 1.54) is 4.90 Å². The number of nitrogens with two attached hydrogens (primary N) is 1. The van der Waals surface area contributed by atoms with E-state index in [-0.39, 0.29) is 11.8 Å². The average molecular weight is 226 g/mol. The number of carboxylic acid groups (broad SMARTS) is 1. The molecular formula is C11H18N2O3. The van der Waals surface area contributed by atoms with Crippen LogP contribution < -0.4 is 5.73 Å². The minimum absolute atomic E-state index is 0.139. The van der Waals surface area contributed by atoms with Crippen LogP contribution in [0.4, 0.5) is 0 Å². The molecule has 90 valence electrons. The Morgan fingerprint density at radius 1 is 1.44 bits per heavy atom. The summed E-state index contributed by atoms with van der Waals surface area (Å²) in [5, 5.41) is 9.23. The molecule has 1 saturated heterocycles. The highest BCUT2D eigenvalue weighted by atomic mass is 16.4. The van der Waals surface area contributed by atoms with Gasteiger partial charge >= 0.3 is 5.97 Å². The molecule has 0 aromatic heterocycles. The van der Waals surface area contributed by atoms with Crippen LogP contribution in [0.3, 0.4) is 0 Å². The normalized spacial score (nSPS) is 34.9. The van der Waals surface area contributed by atoms with Gasteiger partial charge in [0.15, 0.2) is 0 Å². The van der Waals surface area contributed by atoms with Crippen molar-refractivity contribution in [1.29, 1.82) is 0 Å². The Balaban J connectivity index is 2.20. The average Bonchev–Trinajstić information content (AvgIpc) is 2.73. The Hall–Kier alpha value is -1.10. The first-order chi connectivity index (χ1) is 7.52. The van der Waals surface area contributed by atoms with Crippen molar-refractivity contribution in [3.05, 3.63) is 0 Å². The van der Waals surface area contributed by atoms with E-state index in [4.69, 9.17) is 5.73 Å². The van der Waals surface area contributed by atoms with Crippen LogP contribution in [0.2, 0.25) is 0 Å². The van der Waals surface area contributed by atoms with Gasteiger partial charge in [0.2, 0.25) is 5.91 Å². The number of fused-ring (bicyclic) bond motifs is 1. The molecule has 2 fully saturated rings. The van der Waals surface area contributed by atoms with E-state index < -0.39 is 18.1 Å². The molecule has 5 heteroatoms. The molecule has 1 aliphatic carbocycles. The predicted octanol–water partition coefficient (Wildman–Crippen LogP) is 0.0453. The van der Waals surface area contributed by atoms with Gasteiger partial charge in [-0.1, -0.05) is 6.42 Å². The quantitative estimate of drug-likeness (QED) is 0.696. The Morgan fingerprint density at radius 3 is 2.69 bits per heavy atom. The maximum atomic E-state index is 11.8. The lowest BCUT2D eigenvalue weighted by atomic mass is 9.94. The molecule has 1 amide bonds. The van der Waals surface area contributed by atoms with Crippen molar-refractivity contribution >= 4 is 11.9 Å². The van der Waals surface area contributed by atoms with Crippen molar-refractivity contribution in [2.75, 3.05) is 6.54 Å². The fourth-order valence-electron chi connectivity index (χ4n) is 3.11. The summed E-state index contributed by atoms with van der Waals surface area (Å²) in [6.07, 6.45) is 3.04. The number of aliphatic carboxylic acids is 1. The SMILES string of the molecule is C[C@H](N)C(=O)N1CC2CCCC2C1C(=O)O. The second-order valence-corrected chi connectivity index (χ2v) is 4.92. The summed E-state index contributed by atoms with van der Waals surface area (Å²) >= 11 is 0. The smallest absolute Gasteiger partial charge is 0.326 e. The topological polar surface area (TPSA) is 83.6 Å². The molecule has 16 heavy (non-hydrogen) atoms. The molecule has 5 nitrogen and oxygen atoms in total. The standard InChI is InChI=1S/C11H18N2O3/c1-6(12)10(14)13-5-7-3-2-4-8(7)9(13)11(15)16/h6-9H,2-5,12H2,1H3,(H,15,16)/t6-,7?,8?,9?/m0/s1. The predicted molar refractivity (Wildman–Crippen MR) is 57.6 cm³/mol. The molecule has 2 rings (SSSR count). The first-order valence-corrected chi connectivity index (χ1v) is 5.81. The van der Waals surface area contributed by atoms with E-state index >= 15 is 0 Å². The maximum absolute atomic E-state index is 11.8. The molecule has 1 heterocycles. The first-order valence-electron chi connectivity index (χ1n) is 5.81. The van der Waals surface area contributed by atoms with Crippen molar-refractivity contribution in [3.8, 4) is 0 Å². The van der Waals surface area contributed by atoms with Crippen molar-refractivity contribution in [3.63, 3.8) is 0 Å². The molecule has 3 N–H and O–H groups in total. The van der Waals surface area contributed by atoms with E-state index in [1.54, 1.807) is 6.92 Å². The zero-order valence-electron chi connectivity index (χ0n) is 9.43. The summed E-state index contributed by atoms with van der Waals surface area (Å²) in [5.41, 5.74) is 5.54. The number of carbonyl (C=O) groups excluding carboxylic acids is 1.